The Balaban J connectivity index is 1.72. The zero-order chi connectivity index (χ0) is 13.5. The summed E-state index contributed by atoms with van der Waals surface area (Å²) >= 11 is 0. The van der Waals surface area contributed by atoms with Crippen molar-refractivity contribution in [2.45, 2.75) is 19.4 Å². The van der Waals surface area contributed by atoms with Crippen LogP contribution in [-0.2, 0) is 11.3 Å². The fraction of sp³-hybridized carbons (Fsp3) is 0.214. The van der Waals surface area contributed by atoms with E-state index in [-0.39, 0.29) is 24.5 Å². The van der Waals surface area contributed by atoms with Crippen molar-refractivity contribution in [2.75, 3.05) is 0 Å². The molecule has 0 bridgehead atoms. The number of rotatable bonds is 6. The first-order valence-electron chi connectivity index (χ1n) is 5.98. The van der Waals surface area contributed by atoms with Gasteiger partial charge in [0.1, 0.15) is 0 Å². The molecule has 1 amide bonds. The van der Waals surface area contributed by atoms with Gasteiger partial charge in [-0.25, -0.2) is 0 Å². The van der Waals surface area contributed by atoms with Crippen molar-refractivity contribution >= 4 is 11.7 Å². The number of carbonyl (C=O) groups is 2. The molecule has 0 unspecified atom stereocenters. The highest BCUT2D eigenvalue weighted by Gasteiger charge is 2.11. The Kier molecular flexibility index (Phi) is 4.44. The first-order chi connectivity index (χ1) is 9.25. The molecule has 0 spiro atoms. The number of aromatic nitrogens is 1. The number of furan rings is 1. The molecule has 0 aliphatic carbocycles. The van der Waals surface area contributed by atoms with Crippen molar-refractivity contribution in [1.29, 1.82) is 0 Å². The summed E-state index contributed by atoms with van der Waals surface area (Å²) in [6.07, 6.45) is 5.10. The average Bonchev–Trinajstić information content (AvgIpc) is 2.98. The number of hydrogen-bond acceptors (Lipinski definition) is 4. The number of hydrogen-bond donors (Lipinski definition) is 1. The lowest BCUT2D eigenvalue weighted by Crippen LogP contribution is -2.23. The van der Waals surface area contributed by atoms with Crippen molar-refractivity contribution in [3.63, 3.8) is 0 Å². The predicted molar refractivity (Wildman–Crippen MR) is 68.4 cm³/mol. The molecule has 1 N–H and O–H groups in total. The molecule has 2 aromatic heterocycles. The third-order valence-corrected chi connectivity index (χ3v) is 2.59. The lowest BCUT2D eigenvalue weighted by molar-refractivity contribution is -0.121. The van der Waals surface area contributed by atoms with Gasteiger partial charge in [0.25, 0.3) is 0 Å². The summed E-state index contributed by atoms with van der Waals surface area (Å²) in [5, 5.41) is 2.74. The minimum atomic E-state index is -0.165. The molecule has 5 nitrogen and oxygen atoms in total. The number of carbonyl (C=O) groups excluding carboxylic acids is 2. The maximum atomic E-state index is 11.6. The third kappa shape index (κ3) is 4.06. The summed E-state index contributed by atoms with van der Waals surface area (Å²) in [5.74, 6) is -0.0367. The molecule has 0 aliphatic rings. The lowest BCUT2D eigenvalue weighted by atomic mass is 10.1. The molecule has 19 heavy (non-hydrogen) atoms. The number of nitrogens with one attached hydrogen (secondary N) is 1. The maximum Gasteiger partial charge on any atom is 0.220 e. The normalized spacial score (nSPS) is 10.1. The molecule has 98 valence electrons. The second-order valence-electron chi connectivity index (χ2n) is 4.04. The van der Waals surface area contributed by atoms with Gasteiger partial charge in [-0.15, -0.1) is 0 Å². The Hall–Kier alpha value is -2.43. The highest BCUT2D eigenvalue weighted by atomic mass is 16.3. The molecule has 2 rings (SSSR count). The zero-order valence-corrected chi connectivity index (χ0v) is 10.3. The van der Waals surface area contributed by atoms with Crippen molar-refractivity contribution in [3.05, 3.63) is 54.2 Å². The van der Waals surface area contributed by atoms with Crippen LogP contribution in [0.2, 0.25) is 0 Å². The molecular formula is C14H14N2O3. The Morgan fingerprint density at radius 3 is 2.79 bits per heavy atom. The molecule has 0 fully saturated rings. The van der Waals surface area contributed by atoms with Gasteiger partial charge in [0.05, 0.1) is 6.26 Å². The van der Waals surface area contributed by atoms with Crippen LogP contribution in [0.25, 0.3) is 0 Å². The van der Waals surface area contributed by atoms with E-state index in [4.69, 9.17) is 4.42 Å². The third-order valence-electron chi connectivity index (χ3n) is 2.59. The fourth-order valence-corrected chi connectivity index (χ4v) is 1.58. The Labute approximate surface area is 110 Å². The minimum absolute atomic E-state index is 0.145. The molecule has 0 aromatic carbocycles. The summed E-state index contributed by atoms with van der Waals surface area (Å²) in [5.41, 5.74) is 0.924. The quantitative estimate of drug-likeness (QED) is 0.804. The standard InChI is InChI=1S/C14H14N2O3/c17-12(13-4-2-8-19-13)5-6-14(18)16-10-11-3-1-7-15-9-11/h1-4,7-9H,5-6,10H2,(H,16,18). The van der Waals surface area contributed by atoms with Crippen molar-refractivity contribution in [3.8, 4) is 0 Å². The van der Waals surface area contributed by atoms with Gasteiger partial charge in [-0.1, -0.05) is 6.07 Å². The SMILES string of the molecule is O=C(CCC(=O)c1ccco1)NCc1cccnc1. The van der Waals surface area contributed by atoms with Crippen molar-refractivity contribution in [2.24, 2.45) is 0 Å². The summed E-state index contributed by atoms with van der Waals surface area (Å²) in [4.78, 5) is 27.1. The molecule has 5 heteroatoms. The maximum absolute atomic E-state index is 11.6. The summed E-state index contributed by atoms with van der Waals surface area (Å²) in [6, 6.07) is 6.93. The van der Waals surface area contributed by atoms with E-state index in [1.165, 1.54) is 6.26 Å². The van der Waals surface area contributed by atoms with Crippen LogP contribution in [0.5, 0.6) is 0 Å². The number of ketones is 1. The molecule has 2 heterocycles. The first kappa shape index (κ1) is 13.0. The van der Waals surface area contributed by atoms with Crippen LogP contribution < -0.4 is 5.32 Å². The largest absolute Gasteiger partial charge is 0.461 e. The van der Waals surface area contributed by atoms with E-state index in [1.807, 2.05) is 12.1 Å². The zero-order valence-electron chi connectivity index (χ0n) is 10.3. The van der Waals surface area contributed by atoms with Crippen molar-refractivity contribution < 1.29 is 14.0 Å². The monoisotopic (exact) mass is 258 g/mol. The van der Waals surface area contributed by atoms with Gasteiger partial charge in [0.2, 0.25) is 5.91 Å². The smallest absolute Gasteiger partial charge is 0.220 e. The second-order valence-corrected chi connectivity index (χ2v) is 4.04. The molecule has 0 saturated heterocycles. The average molecular weight is 258 g/mol. The number of amides is 1. The van der Waals surface area contributed by atoms with Crippen LogP contribution in [0.1, 0.15) is 29.0 Å². The van der Waals surface area contributed by atoms with Crippen LogP contribution in [0, 0.1) is 0 Å². The molecule has 2 aromatic rings. The van der Waals surface area contributed by atoms with E-state index >= 15 is 0 Å². The van der Waals surface area contributed by atoms with E-state index in [0.717, 1.165) is 5.56 Å². The summed E-state index contributed by atoms with van der Waals surface area (Å²) in [6.45, 7) is 0.418. The van der Waals surface area contributed by atoms with Gasteiger partial charge in [0, 0.05) is 31.8 Å². The van der Waals surface area contributed by atoms with Crippen LogP contribution in [-0.4, -0.2) is 16.7 Å². The fourth-order valence-electron chi connectivity index (χ4n) is 1.58. The van der Waals surface area contributed by atoms with Gasteiger partial charge in [-0.2, -0.15) is 0 Å². The Morgan fingerprint density at radius 2 is 2.11 bits per heavy atom. The van der Waals surface area contributed by atoms with E-state index in [1.54, 1.807) is 24.5 Å². The van der Waals surface area contributed by atoms with Crippen LogP contribution in [0.3, 0.4) is 0 Å². The predicted octanol–water partition coefficient (Wildman–Crippen LogP) is 1.95. The molecule has 0 saturated carbocycles. The Bertz CT molecular complexity index is 535. The van der Waals surface area contributed by atoms with Gasteiger partial charge in [-0.05, 0) is 23.8 Å². The summed E-state index contributed by atoms with van der Waals surface area (Å²) < 4.78 is 4.97. The van der Waals surface area contributed by atoms with E-state index < -0.39 is 0 Å². The van der Waals surface area contributed by atoms with Crippen molar-refractivity contribution in [1.82, 2.24) is 10.3 Å². The van der Waals surface area contributed by atoms with E-state index in [0.29, 0.717) is 12.3 Å². The Morgan fingerprint density at radius 1 is 1.21 bits per heavy atom. The summed E-state index contributed by atoms with van der Waals surface area (Å²) in [7, 11) is 0. The van der Waals surface area contributed by atoms with Gasteiger partial charge in [-0.3, -0.25) is 14.6 Å². The van der Waals surface area contributed by atoms with Gasteiger partial charge in [0.15, 0.2) is 11.5 Å². The van der Waals surface area contributed by atoms with Crippen LogP contribution >= 0.6 is 0 Å². The molecule has 0 aliphatic heterocycles. The number of Topliss-reactive ketones (excluding diaryl/α,β-unsaturated/α-hetero) is 1. The van der Waals surface area contributed by atoms with E-state index in [2.05, 4.69) is 10.3 Å². The first-order valence-corrected chi connectivity index (χ1v) is 5.98. The van der Waals surface area contributed by atoms with Gasteiger partial charge >= 0.3 is 0 Å². The van der Waals surface area contributed by atoms with Crippen LogP contribution in [0.4, 0.5) is 0 Å². The molecular weight excluding hydrogens is 244 g/mol. The highest BCUT2D eigenvalue weighted by Crippen LogP contribution is 2.06. The van der Waals surface area contributed by atoms with E-state index in [9.17, 15) is 9.59 Å². The minimum Gasteiger partial charge on any atom is -0.461 e. The number of nitrogens with zero attached hydrogens (tertiary/aromatic N) is 1. The lowest BCUT2D eigenvalue weighted by Gasteiger charge is -2.04. The topological polar surface area (TPSA) is 72.2 Å². The second kappa shape index (κ2) is 6.49. The molecule has 0 atom stereocenters. The number of pyridine rings is 1. The van der Waals surface area contributed by atoms with Gasteiger partial charge < -0.3 is 9.73 Å². The van der Waals surface area contributed by atoms with Crippen LogP contribution in [0.15, 0.2) is 47.3 Å². The highest BCUT2D eigenvalue weighted by molar-refractivity contribution is 5.95. The molecule has 0 radical (unpaired) electrons.